The second kappa shape index (κ2) is 9.17. The molecule has 12 heteroatoms. The van der Waals surface area contributed by atoms with Gasteiger partial charge in [-0.15, -0.1) is 11.3 Å². The lowest BCUT2D eigenvalue weighted by Crippen LogP contribution is -2.29. The van der Waals surface area contributed by atoms with Crippen LogP contribution in [0.3, 0.4) is 0 Å². The molecule has 0 aliphatic carbocycles. The van der Waals surface area contributed by atoms with E-state index in [2.05, 4.69) is 15.0 Å². The smallest absolute Gasteiger partial charge is 0.270 e. The van der Waals surface area contributed by atoms with Crippen LogP contribution < -0.4 is 10.0 Å². The van der Waals surface area contributed by atoms with Crippen molar-refractivity contribution in [3.63, 3.8) is 0 Å². The summed E-state index contributed by atoms with van der Waals surface area (Å²) >= 11 is 1.30. The molecule has 0 aliphatic rings. The third-order valence-corrected chi connectivity index (χ3v) is 8.61. The Balaban J connectivity index is 1.90. The van der Waals surface area contributed by atoms with Crippen molar-refractivity contribution in [3.8, 4) is 21.8 Å². The summed E-state index contributed by atoms with van der Waals surface area (Å²) in [4.78, 5) is 12.1. The number of nitrogens with two attached hydrogens (primary N) is 1. The molecule has 7 nitrogen and oxygen atoms in total. The number of sulfonamides is 1. The van der Waals surface area contributed by atoms with Crippen molar-refractivity contribution in [1.82, 2.24) is 15.0 Å². The fraction of sp³-hybridized carbons (Fsp3) is 0.208. The number of rotatable bonds is 5. The number of halogens is 3. The molecular weight excluding hydrogens is 511 g/mol. The van der Waals surface area contributed by atoms with E-state index in [9.17, 15) is 17.2 Å². The molecule has 0 bridgehead atoms. The number of thiazole rings is 1. The second-order valence-corrected chi connectivity index (χ2v) is 11.8. The molecule has 188 valence electrons. The average Bonchev–Trinajstić information content (AvgIpc) is 3.24. The maximum atomic E-state index is 16.0. The lowest BCUT2D eigenvalue weighted by molar-refractivity contribution is 0.518. The van der Waals surface area contributed by atoms with Gasteiger partial charge in [0.05, 0.1) is 27.0 Å². The van der Waals surface area contributed by atoms with E-state index in [0.717, 1.165) is 25.2 Å². The zero-order chi connectivity index (χ0) is 26.4. The van der Waals surface area contributed by atoms with Crippen LogP contribution in [0.5, 0.6) is 0 Å². The van der Waals surface area contributed by atoms with Crippen LogP contribution in [0.2, 0.25) is 0 Å². The van der Waals surface area contributed by atoms with E-state index in [4.69, 9.17) is 5.73 Å². The number of hydrogen-bond donors (Lipinski definition) is 1. The molecule has 0 fully saturated rings. The largest absolute Gasteiger partial charge is 0.368 e. The number of benzene rings is 2. The highest BCUT2D eigenvalue weighted by Crippen LogP contribution is 2.42. The molecule has 2 heterocycles. The van der Waals surface area contributed by atoms with Gasteiger partial charge in [-0.1, -0.05) is 32.9 Å². The fourth-order valence-electron chi connectivity index (χ4n) is 3.44. The van der Waals surface area contributed by atoms with Crippen molar-refractivity contribution in [2.45, 2.75) is 31.1 Å². The molecule has 2 aromatic carbocycles. The Morgan fingerprint density at radius 1 is 0.972 bits per heavy atom. The van der Waals surface area contributed by atoms with E-state index in [1.807, 2.05) is 20.8 Å². The van der Waals surface area contributed by atoms with Crippen molar-refractivity contribution in [3.05, 3.63) is 71.1 Å². The zero-order valence-corrected chi connectivity index (χ0v) is 21.4. The number of nitrogen functional groups attached to an aromatic ring is 1. The minimum absolute atomic E-state index is 0.0116. The molecule has 36 heavy (non-hydrogen) atoms. The predicted molar refractivity (Wildman–Crippen MR) is 134 cm³/mol. The second-order valence-electron chi connectivity index (χ2n) is 8.91. The summed E-state index contributed by atoms with van der Waals surface area (Å²) in [6, 6.07) is 8.37. The molecule has 0 unspecified atom stereocenters. The van der Waals surface area contributed by atoms with Gasteiger partial charge >= 0.3 is 0 Å². The van der Waals surface area contributed by atoms with Crippen LogP contribution in [-0.4, -0.2) is 30.4 Å². The van der Waals surface area contributed by atoms with Gasteiger partial charge in [0.25, 0.3) is 10.0 Å². The van der Waals surface area contributed by atoms with Crippen molar-refractivity contribution in [2.24, 2.45) is 0 Å². The van der Waals surface area contributed by atoms with Gasteiger partial charge in [0.2, 0.25) is 5.95 Å². The summed E-state index contributed by atoms with van der Waals surface area (Å²) in [6.07, 6.45) is 1.47. The molecule has 0 atom stereocenters. The van der Waals surface area contributed by atoms with Gasteiger partial charge in [-0.3, -0.25) is 4.31 Å². The van der Waals surface area contributed by atoms with Crippen LogP contribution in [0.25, 0.3) is 21.8 Å². The number of hydrogen-bond acceptors (Lipinski definition) is 7. The Labute approximate surface area is 210 Å². The number of nitrogens with zero attached hydrogens (tertiary/aromatic N) is 4. The van der Waals surface area contributed by atoms with Gasteiger partial charge in [-0.25, -0.2) is 36.5 Å². The monoisotopic (exact) mass is 533 g/mol. The number of anilines is 2. The molecule has 2 aromatic heterocycles. The summed E-state index contributed by atoms with van der Waals surface area (Å²) in [5, 5.41) is 0.684. The molecule has 0 spiro atoms. The van der Waals surface area contributed by atoms with Crippen LogP contribution >= 0.6 is 11.3 Å². The fourth-order valence-corrected chi connectivity index (χ4v) is 5.85. The van der Waals surface area contributed by atoms with Crippen molar-refractivity contribution in [2.75, 3.05) is 17.1 Å². The standard InChI is InChI=1S/C24H22F3N5O2S2/c1-24(2,3)22-31-19(20(35-22)16-11-12-29-23(28)30-16)13-7-5-10-17(18(13)27)32(4)36(33,34)21-14(25)8-6-9-15(21)26/h5-12H,1-4H3,(H2,28,29,30). The SMILES string of the molecule is CN(c1cccc(-c2nc(C(C)(C)C)sc2-c2ccnc(N)n2)c1F)S(=O)(=O)c1c(F)cccc1F. The summed E-state index contributed by atoms with van der Waals surface area (Å²) < 4.78 is 71.2. The van der Waals surface area contributed by atoms with Crippen molar-refractivity contribution < 1.29 is 21.6 Å². The first-order valence-electron chi connectivity index (χ1n) is 10.6. The van der Waals surface area contributed by atoms with E-state index in [0.29, 0.717) is 19.9 Å². The van der Waals surface area contributed by atoms with Gasteiger partial charge < -0.3 is 5.73 Å². The summed E-state index contributed by atoms with van der Waals surface area (Å²) in [5.74, 6) is -3.47. The Kier molecular flexibility index (Phi) is 6.52. The lowest BCUT2D eigenvalue weighted by atomic mass is 9.98. The van der Waals surface area contributed by atoms with E-state index < -0.39 is 38.1 Å². The van der Waals surface area contributed by atoms with Crippen LogP contribution in [0, 0.1) is 17.5 Å². The normalized spacial score (nSPS) is 12.1. The molecule has 4 aromatic rings. The average molecular weight is 534 g/mol. The minimum atomic E-state index is -4.77. The first kappa shape index (κ1) is 25.6. The molecule has 0 saturated carbocycles. The Morgan fingerprint density at radius 2 is 1.61 bits per heavy atom. The minimum Gasteiger partial charge on any atom is -0.368 e. The summed E-state index contributed by atoms with van der Waals surface area (Å²) in [6.45, 7) is 5.84. The van der Waals surface area contributed by atoms with Gasteiger partial charge in [-0.2, -0.15) is 0 Å². The van der Waals surface area contributed by atoms with E-state index in [-0.39, 0.29) is 22.6 Å². The Bertz CT molecular complexity index is 1550. The van der Waals surface area contributed by atoms with Crippen molar-refractivity contribution >= 4 is 33.0 Å². The highest BCUT2D eigenvalue weighted by Gasteiger charge is 2.32. The molecular formula is C24H22F3N5O2S2. The lowest BCUT2D eigenvalue weighted by Gasteiger charge is -2.21. The van der Waals surface area contributed by atoms with Crippen molar-refractivity contribution in [1.29, 1.82) is 0 Å². The van der Waals surface area contributed by atoms with Crippen LogP contribution in [0.1, 0.15) is 25.8 Å². The van der Waals surface area contributed by atoms with Gasteiger partial charge in [0.15, 0.2) is 10.7 Å². The highest BCUT2D eigenvalue weighted by atomic mass is 32.2. The maximum Gasteiger partial charge on any atom is 0.270 e. The first-order chi connectivity index (χ1) is 16.8. The molecule has 0 amide bonds. The molecule has 0 aliphatic heterocycles. The molecule has 0 radical (unpaired) electrons. The third kappa shape index (κ3) is 4.53. The van der Waals surface area contributed by atoms with E-state index >= 15 is 4.39 Å². The quantitative estimate of drug-likeness (QED) is 0.369. The predicted octanol–water partition coefficient (Wildman–Crippen LogP) is 5.39. The van der Waals surface area contributed by atoms with E-state index in [1.54, 1.807) is 6.07 Å². The van der Waals surface area contributed by atoms with Crippen LogP contribution in [0.4, 0.5) is 24.8 Å². The van der Waals surface area contributed by atoms with Crippen LogP contribution in [-0.2, 0) is 15.4 Å². The molecule has 0 saturated heterocycles. The third-order valence-electron chi connectivity index (χ3n) is 5.29. The molecule has 4 rings (SSSR count). The first-order valence-corrected chi connectivity index (χ1v) is 12.9. The highest BCUT2D eigenvalue weighted by molar-refractivity contribution is 7.92. The van der Waals surface area contributed by atoms with Gasteiger partial charge in [-0.05, 0) is 30.3 Å². The van der Waals surface area contributed by atoms with Gasteiger partial charge in [0.1, 0.15) is 11.6 Å². The number of aromatic nitrogens is 3. The topological polar surface area (TPSA) is 102 Å². The van der Waals surface area contributed by atoms with E-state index in [1.165, 1.54) is 35.7 Å². The summed E-state index contributed by atoms with van der Waals surface area (Å²) in [7, 11) is -3.75. The van der Waals surface area contributed by atoms with Crippen LogP contribution in [0.15, 0.2) is 53.6 Å². The summed E-state index contributed by atoms with van der Waals surface area (Å²) in [5.41, 5.74) is 5.60. The Morgan fingerprint density at radius 3 is 2.22 bits per heavy atom. The maximum absolute atomic E-state index is 16.0. The van der Waals surface area contributed by atoms with Gasteiger partial charge in [0, 0.05) is 24.2 Å². The Hall–Kier alpha value is -3.51. The zero-order valence-electron chi connectivity index (χ0n) is 19.8. The molecule has 2 N–H and O–H groups in total.